The summed E-state index contributed by atoms with van der Waals surface area (Å²) < 4.78 is 1.93. The number of carbonyl (C=O) groups excluding carboxylic acids is 1. The van der Waals surface area contributed by atoms with Gasteiger partial charge in [0.05, 0.1) is 12.6 Å². The standard InChI is InChI=1S/C23H35N7O/c1-24-23(25-12-7-15-29-14-6-11-21(29)22(31)28(2)3)26-17-19-9-4-5-10-20(19)18-30-16-8-13-27-30/h4-5,8-10,13,16,21H,6-7,11-12,14-15,17-18H2,1-3H3,(H2,24,25,26). The summed E-state index contributed by atoms with van der Waals surface area (Å²) in [4.78, 5) is 20.7. The second-order valence-electron chi connectivity index (χ2n) is 8.11. The molecule has 2 heterocycles. The molecule has 1 aliphatic rings. The number of hydrogen-bond acceptors (Lipinski definition) is 4. The molecular formula is C23H35N7O. The van der Waals surface area contributed by atoms with Gasteiger partial charge in [-0.2, -0.15) is 5.10 Å². The van der Waals surface area contributed by atoms with Crippen molar-refractivity contribution in [2.45, 2.75) is 38.4 Å². The predicted octanol–water partition coefficient (Wildman–Crippen LogP) is 1.54. The molecule has 0 aliphatic carbocycles. The molecule has 8 heteroatoms. The zero-order valence-corrected chi connectivity index (χ0v) is 18.9. The number of hydrogen-bond donors (Lipinski definition) is 2. The van der Waals surface area contributed by atoms with Crippen LogP contribution in [-0.4, -0.2) is 78.3 Å². The van der Waals surface area contributed by atoms with Gasteiger partial charge in [-0.05, 0) is 43.0 Å². The summed E-state index contributed by atoms with van der Waals surface area (Å²) in [6.45, 7) is 4.18. The van der Waals surface area contributed by atoms with E-state index in [1.807, 2.05) is 31.0 Å². The first-order chi connectivity index (χ1) is 15.1. The highest BCUT2D eigenvalue weighted by atomic mass is 16.2. The van der Waals surface area contributed by atoms with E-state index in [0.29, 0.717) is 6.54 Å². The molecule has 2 N–H and O–H groups in total. The second-order valence-corrected chi connectivity index (χ2v) is 8.11. The number of guanidine groups is 1. The van der Waals surface area contributed by atoms with Crippen molar-refractivity contribution >= 4 is 11.9 Å². The van der Waals surface area contributed by atoms with Gasteiger partial charge >= 0.3 is 0 Å². The molecule has 0 bridgehead atoms. The average Bonchev–Trinajstić information content (AvgIpc) is 3.45. The van der Waals surface area contributed by atoms with Crippen LogP contribution in [0.25, 0.3) is 0 Å². The highest BCUT2D eigenvalue weighted by Crippen LogP contribution is 2.18. The van der Waals surface area contributed by atoms with Crippen LogP contribution < -0.4 is 10.6 Å². The van der Waals surface area contributed by atoms with Crippen LogP contribution >= 0.6 is 0 Å². The van der Waals surface area contributed by atoms with Crippen molar-refractivity contribution in [1.29, 1.82) is 0 Å². The van der Waals surface area contributed by atoms with Gasteiger partial charge in [0.25, 0.3) is 0 Å². The summed E-state index contributed by atoms with van der Waals surface area (Å²) in [5.74, 6) is 1.01. The molecule has 1 atom stereocenters. The number of aliphatic imine (C=N–C) groups is 1. The van der Waals surface area contributed by atoms with Crippen molar-refractivity contribution in [2.24, 2.45) is 4.99 Å². The molecule has 1 aromatic heterocycles. The van der Waals surface area contributed by atoms with Crippen LogP contribution in [-0.2, 0) is 17.9 Å². The fraction of sp³-hybridized carbons (Fsp3) is 0.522. The van der Waals surface area contributed by atoms with E-state index in [1.165, 1.54) is 11.1 Å². The van der Waals surface area contributed by atoms with Crippen LogP contribution in [0, 0.1) is 0 Å². The first-order valence-corrected chi connectivity index (χ1v) is 11.0. The normalized spacial score (nSPS) is 17.0. The van der Waals surface area contributed by atoms with E-state index >= 15 is 0 Å². The maximum atomic E-state index is 12.3. The molecule has 1 saturated heterocycles. The third-order valence-electron chi connectivity index (χ3n) is 5.68. The van der Waals surface area contributed by atoms with Gasteiger partial charge in [0, 0.05) is 53.2 Å². The number of benzene rings is 1. The zero-order chi connectivity index (χ0) is 22.1. The zero-order valence-electron chi connectivity index (χ0n) is 18.9. The van der Waals surface area contributed by atoms with Crippen molar-refractivity contribution in [3.05, 3.63) is 53.9 Å². The topological polar surface area (TPSA) is 77.8 Å². The molecule has 1 fully saturated rings. The lowest BCUT2D eigenvalue weighted by molar-refractivity contribution is -0.133. The second kappa shape index (κ2) is 11.5. The van der Waals surface area contributed by atoms with Gasteiger partial charge in [-0.25, -0.2) is 0 Å². The Bertz CT molecular complexity index is 847. The Hall–Kier alpha value is -2.87. The molecule has 0 radical (unpaired) electrons. The van der Waals surface area contributed by atoms with Gasteiger partial charge in [-0.1, -0.05) is 24.3 Å². The summed E-state index contributed by atoms with van der Waals surface area (Å²) in [7, 11) is 5.46. The average molecular weight is 426 g/mol. The molecule has 1 amide bonds. The molecule has 168 valence electrons. The quantitative estimate of drug-likeness (QED) is 0.362. The third kappa shape index (κ3) is 6.55. The number of likely N-dealkylation sites (N-methyl/N-ethyl adjacent to an activating group) is 1. The summed E-state index contributed by atoms with van der Waals surface area (Å²) >= 11 is 0. The molecule has 0 spiro atoms. The first kappa shape index (κ1) is 22.8. The van der Waals surface area contributed by atoms with Crippen molar-refractivity contribution in [2.75, 3.05) is 40.8 Å². The highest BCUT2D eigenvalue weighted by molar-refractivity contribution is 5.81. The van der Waals surface area contributed by atoms with E-state index in [-0.39, 0.29) is 11.9 Å². The minimum absolute atomic E-state index is 0.0405. The van der Waals surface area contributed by atoms with Crippen molar-refractivity contribution in [3.63, 3.8) is 0 Å². The maximum Gasteiger partial charge on any atom is 0.239 e. The summed E-state index contributed by atoms with van der Waals surface area (Å²) in [5.41, 5.74) is 2.46. The van der Waals surface area contributed by atoms with E-state index in [0.717, 1.165) is 51.4 Å². The Kier molecular flexibility index (Phi) is 8.46. The largest absolute Gasteiger partial charge is 0.356 e. The Morgan fingerprint density at radius 3 is 2.74 bits per heavy atom. The first-order valence-electron chi connectivity index (χ1n) is 11.0. The van der Waals surface area contributed by atoms with E-state index in [4.69, 9.17) is 0 Å². The van der Waals surface area contributed by atoms with E-state index in [9.17, 15) is 4.79 Å². The van der Waals surface area contributed by atoms with Gasteiger partial charge in [-0.3, -0.25) is 19.4 Å². The third-order valence-corrected chi connectivity index (χ3v) is 5.68. The number of aromatic nitrogens is 2. The fourth-order valence-electron chi connectivity index (χ4n) is 4.01. The van der Waals surface area contributed by atoms with Gasteiger partial charge in [0.2, 0.25) is 5.91 Å². The summed E-state index contributed by atoms with van der Waals surface area (Å²) in [5, 5.41) is 11.1. The molecule has 31 heavy (non-hydrogen) atoms. The number of nitrogens with one attached hydrogen (secondary N) is 2. The molecule has 8 nitrogen and oxygen atoms in total. The van der Waals surface area contributed by atoms with Crippen LogP contribution in [0.15, 0.2) is 47.7 Å². The minimum atomic E-state index is 0.0405. The Morgan fingerprint density at radius 1 is 1.23 bits per heavy atom. The SMILES string of the molecule is CN=C(NCCCN1CCCC1C(=O)N(C)C)NCc1ccccc1Cn1cccn1. The number of rotatable bonds is 9. The van der Waals surface area contributed by atoms with Crippen molar-refractivity contribution < 1.29 is 4.79 Å². The van der Waals surface area contributed by atoms with Crippen molar-refractivity contribution in [1.82, 2.24) is 30.2 Å². The lowest BCUT2D eigenvalue weighted by Crippen LogP contribution is -2.44. The molecule has 0 saturated carbocycles. The smallest absolute Gasteiger partial charge is 0.239 e. The Labute approximate surface area is 185 Å². The maximum absolute atomic E-state index is 12.3. The summed E-state index contributed by atoms with van der Waals surface area (Å²) in [6, 6.07) is 10.4. The Balaban J connectivity index is 1.43. The number of likely N-dealkylation sites (tertiary alicyclic amines) is 1. The van der Waals surface area contributed by atoms with E-state index in [1.54, 1.807) is 18.1 Å². The highest BCUT2D eigenvalue weighted by Gasteiger charge is 2.30. The minimum Gasteiger partial charge on any atom is -0.356 e. The van der Waals surface area contributed by atoms with E-state index in [2.05, 4.69) is 49.9 Å². The number of amides is 1. The van der Waals surface area contributed by atoms with Gasteiger partial charge in [0.1, 0.15) is 0 Å². The van der Waals surface area contributed by atoms with Gasteiger partial charge in [-0.15, -0.1) is 0 Å². The monoisotopic (exact) mass is 425 g/mol. The number of nitrogens with zero attached hydrogens (tertiary/aromatic N) is 5. The van der Waals surface area contributed by atoms with E-state index < -0.39 is 0 Å². The molecule has 2 aromatic rings. The molecular weight excluding hydrogens is 390 g/mol. The van der Waals surface area contributed by atoms with Crippen LogP contribution in [0.2, 0.25) is 0 Å². The van der Waals surface area contributed by atoms with Crippen LogP contribution in [0.5, 0.6) is 0 Å². The molecule has 1 aliphatic heterocycles. The number of carbonyl (C=O) groups is 1. The lowest BCUT2D eigenvalue weighted by Gasteiger charge is -2.26. The lowest BCUT2D eigenvalue weighted by atomic mass is 10.1. The fourth-order valence-corrected chi connectivity index (χ4v) is 4.01. The van der Waals surface area contributed by atoms with Crippen LogP contribution in [0.4, 0.5) is 0 Å². The van der Waals surface area contributed by atoms with Gasteiger partial charge < -0.3 is 15.5 Å². The molecule has 3 rings (SSSR count). The Morgan fingerprint density at radius 2 is 2.03 bits per heavy atom. The van der Waals surface area contributed by atoms with Crippen LogP contribution in [0.1, 0.15) is 30.4 Å². The summed E-state index contributed by atoms with van der Waals surface area (Å²) in [6.07, 6.45) is 6.80. The predicted molar refractivity (Wildman–Crippen MR) is 124 cm³/mol. The van der Waals surface area contributed by atoms with Gasteiger partial charge in [0.15, 0.2) is 5.96 Å². The van der Waals surface area contributed by atoms with Crippen molar-refractivity contribution in [3.8, 4) is 0 Å². The van der Waals surface area contributed by atoms with Crippen LogP contribution in [0.3, 0.4) is 0 Å². The molecule has 1 aromatic carbocycles. The molecule has 1 unspecified atom stereocenters.